The van der Waals surface area contributed by atoms with Gasteiger partial charge >= 0.3 is 5.97 Å². The van der Waals surface area contributed by atoms with Crippen LogP contribution in [0.25, 0.3) is 0 Å². The standard InChI is InChI=1S/C14H24O2/c1-3-5-6-7-8-9-10-11-12-13-16-14(15)4-2/h3-5H,2,6-13H2,1H3/b5-3+. The minimum atomic E-state index is -0.314. The highest BCUT2D eigenvalue weighted by atomic mass is 16.5. The van der Waals surface area contributed by atoms with E-state index in [-0.39, 0.29) is 5.97 Å². The lowest BCUT2D eigenvalue weighted by molar-refractivity contribution is -0.137. The van der Waals surface area contributed by atoms with Gasteiger partial charge in [0.1, 0.15) is 0 Å². The number of unbranched alkanes of at least 4 members (excludes halogenated alkanes) is 6. The molecule has 0 saturated carbocycles. The maximum atomic E-state index is 10.7. The van der Waals surface area contributed by atoms with Gasteiger partial charge in [0.05, 0.1) is 6.61 Å². The van der Waals surface area contributed by atoms with E-state index >= 15 is 0 Å². The maximum absolute atomic E-state index is 10.7. The van der Waals surface area contributed by atoms with Crippen molar-refractivity contribution in [2.24, 2.45) is 0 Å². The van der Waals surface area contributed by atoms with E-state index in [2.05, 4.69) is 25.7 Å². The van der Waals surface area contributed by atoms with Crippen molar-refractivity contribution < 1.29 is 9.53 Å². The largest absolute Gasteiger partial charge is 0.463 e. The van der Waals surface area contributed by atoms with Crippen molar-refractivity contribution in [3.8, 4) is 0 Å². The van der Waals surface area contributed by atoms with Crippen LogP contribution in [0.4, 0.5) is 0 Å². The number of carbonyl (C=O) groups excluding carboxylic acids is 1. The van der Waals surface area contributed by atoms with Crippen LogP contribution in [-0.4, -0.2) is 12.6 Å². The van der Waals surface area contributed by atoms with Crippen LogP contribution in [0.1, 0.15) is 51.9 Å². The first-order chi connectivity index (χ1) is 7.81. The van der Waals surface area contributed by atoms with Gasteiger partial charge in [0.15, 0.2) is 0 Å². The lowest BCUT2D eigenvalue weighted by atomic mass is 10.1. The molecule has 0 spiro atoms. The van der Waals surface area contributed by atoms with Gasteiger partial charge in [-0.25, -0.2) is 4.79 Å². The molecule has 0 aromatic rings. The summed E-state index contributed by atoms with van der Waals surface area (Å²) >= 11 is 0. The number of hydrogen-bond acceptors (Lipinski definition) is 2. The molecule has 0 aliphatic heterocycles. The van der Waals surface area contributed by atoms with Gasteiger partial charge in [0.25, 0.3) is 0 Å². The second kappa shape index (κ2) is 12.0. The van der Waals surface area contributed by atoms with Gasteiger partial charge < -0.3 is 4.74 Å². The van der Waals surface area contributed by atoms with Crippen molar-refractivity contribution in [2.75, 3.05) is 6.61 Å². The molecule has 2 nitrogen and oxygen atoms in total. The Bertz CT molecular complexity index is 207. The van der Waals surface area contributed by atoms with E-state index in [0.717, 1.165) is 12.8 Å². The molecule has 0 aliphatic carbocycles. The molecule has 92 valence electrons. The quantitative estimate of drug-likeness (QED) is 0.242. The molecular weight excluding hydrogens is 200 g/mol. The summed E-state index contributed by atoms with van der Waals surface area (Å²) < 4.78 is 4.88. The third-order valence-corrected chi connectivity index (χ3v) is 2.41. The molecule has 0 aromatic carbocycles. The van der Waals surface area contributed by atoms with Crippen molar-refractivity contribution in [1.82, 2.24) is 0 Å². The van der Waals surface area contributed by atoms with Crippen molar-refractivity contribution in [3.63, 3.8) is 0 Å². The fraction of sp³-hybridized carbons (Fsp3) is 0.643. The molecule has 0 N–H and O–H groups in total. The Kier molecular flexibility index (Phi) is 11.2. The third kappa shape index (κ3) is 11.0. The number of esters is 1. The van der Waals surface area contributed by atoms with Gasteiger partial charge in [-0.2, -0.15) is 0 Å². The van der Waals surface area contributed by atoms with Crippen molar-refractivity contribution in [1.29, 1.82) is 0 Å². The number of carbonyl (C=O) groups is 1. The van der Waals surface area contributed by atoms with Crippen molar-refractivity contribution >= 4 is 5.97 Å². The van der Waals surface area contributed by atoms with Gasteiger partial charge in [0.2, 0.25) is 0 Å². The molecule has 0 fully saturated rings. The monoisotopic (exact) mass is 224 g/mol. The van der Waals surface area contributed by atoms with Crippen LogP contribution in [0.5, 0.6) is 0 Å². The van der Waals surface area contributed by atoms with Crippen LogP contribution in [0.2, 0.25) is 0 Å². The SMILES string of the molecule is C=CC(=O)OCCCCCCCC/C=C/C. The fourth-order valence-corrected chi connectivity index (χ4v) is 1.47. The van der Waals surface area contributed by atoms with E-state index in [1.54, 1.807) is 0 Å². The molecule has 0 amide bonds. The molecule has 2 heteroatoms. The highest BCUT2D eigenvalue weighted by Crippen LogP contribution is 2.07. The minimum absolute atomic E-state index is 0.314. The zero-order chi connectivity index (χ0) is 12.1. The van der Waals surface area contributed by atoms with Crippen LogP contribution in [0.15, 0.2) is 24.8 Å². The lowest BCUT2D eigenvalue weighted by Gasteiger charge is -2.02. The first-order valence-corrected chi connectivity index (χ1v) is 6.21. The zero-order valence-electron chi connectivity index (χ0n) is 10.4. The Morgan fingerprint density at radius 3 is 2.38 bits per heavy atom. The fourth-order valence-electron chi connectivity index (χ4n) is 1.47. The number of allylic oxidation sites excluding steroid dienone is 2. The Morgan fingerprint density at radius 2 is 1.75 bits per heavy atom. The molecule has 0 rings (SSSR count). The molecular formula is C14H24O2. The lowest BCUT2D eigenvalue weighted by Crippen LogP contribution is -2.01. The van der Waals surface area contributed by atoms with E-state index in [1.807, 2.05) is 0 Å². The normalized spacial score (nSPS) is 10.6. The summed E-state index contributed by atoms with van der Waals surface area (Å²) in [7, 11) is 0. The second-order valence-corrected chi connectivity index (χ2v) is 3.85. The van der Waals surface area contributed by atoms with Gasteiger partial charge in [0, 0.05) is 6.08 Å². The van der Waals surface area contributed by atoms with E-state index in [0.29, 0.717) is 6.61 Å². The van der Waals surface area contributed by atoms with Gasteiger partial charge in [-0.1, -0.05) is 44.4 Å². The average Bonchev–Trinajstić information content (AvgIpc) is 2.31. The Labute approximate surface area is 99.4 Å². The summed E-state index contributed by atoms with van der Waals surface area (Å²) in [5, 5.41) is 0. The molecule has 0 saturated heterocycles. The summed E-state index contributed by atoms with van der Waals surface area (Å²) in [5.74, 6) is -0.314. The first kappa shape index (κ1) is 14.9. The van der Waals surface area contributed by atoms with Crippen LogP contribution in [-0.2, 0) is 9.53 Å². The van der Waals surface area contributed by atoms with Crippen LogP contribution < -0.4 is 0 Å². The summed E-state index contributed by atoms with van der Waals surface area (Å²) in [6, 6.07) is 0. The number of ether oxygens (including phenoxy) is 1. The van der Waals surface area contributed by atoms with Gasteiger partial charge in [-0.15, -0.1) is 0 Å². The smallest absolute Gasteiger partial charge is 0.330 e. The first-order valence-electron chi connectivity index (χ1n) is 6.21. The molecule has 0 aliphatic rings. The number of rotatable bonds is 10. The van der Waals surface area contributed by atoms with Crippen LogP contribution in [0, 0.1) is 0 Å². The van der Waals surface area contributed by atoms with E-state index in [4.69, 9.17) is 4.74 Å². The predicted octanol–water partition coefficient (Wildman–Crippen LogP) is 4.02. The average molecular weight is 224 g/mol. The van der Waals surface area contributed by atoms with Crippen LogP contribution in [0.3, 0.4) is 0 Å². The molecule has 0 unspecified atom stereocenters. The highest BCUT2D eigenvalue weighted by molar-refractivity contribution is 5.81. The third-order valence-electron chi connectivity index (χ3n) is 2.41. The van der Waals surface area contributed by atoms with Crippen molar-refractivity contribution in [3.05, 3.63) is 24.8 Å². The predicted molar refractivity (Wildman–Crippen MR) is 68.3 cm³/mol. The Morgan fingerprint density at radius 1 is 1.12 bits per heavy atom. The summed E-state index contributed by atoms with van der Waals surface area (Å²) in [6.45, 7) is 5.94. The molecule has 0 aromatic heterocycles. The van der Waals surface area contributed by atoms with Crippen LogP contribution >= 0.6 is 0 Å². The summed E-state index contributed by atoms with van der Waals surface area (Å²) in [4.78, 5) is 10.7. The minimum Gasteiger partial charge on any atom is -0.463 e. The van der Waals surface area contributed by atoms with E-state index in [9.17, 15) is 4.79 Å². The van der Waals surface area contributed by atoms with E-state index < -0.39 is 0 Å². The highest BCUT2D eigenvalue weighted by Gasteiger charge is 1.95. The van der Waals surface area contributed by atoms with Gasteiger partial charge in [-0.05, 0) is 26.2 Å². The molecule has 0 radical (unpaired) electrons. The molecule has 0 heterocycles. The maximum Gasteiger partial charge on any atom is 0.330 e. The summed E-state index contributed by atoms with van der Waals surface area (Å²) in [5.41, 5.74) is 0. The van der Waals surface area contributed by atoms with Crippen molar-refractivity contribution in [2.45, 2.75) is 51.9 Å². The zero-order valence-corrected chi connectivity index (χ0v) is 10.4. The second-order valence-electron chi connectivity index (χ2n) is 3.85. The van der Waals surface area contributed by atoms with Gasteiger partial charge in [-0.3, -0.25) is 0 Å². The number of hydrogen-bond donors (Lipinski definition) is 0. The summed E-state index contributed by atoms with van der Waals surface area (Å²) in [6.07, 6.45) is 14.0. The Balaban J connectivity index is 3.04. The molecule has 16 heavy (non-hydrogen) atoms. The topological polar surface area (TPSA) is 26.3 Å². The van der Waals surface area contributed by atoms with E-state index in [1.165, 1.54) is 38.2 Å². The Hall–Kier alpha value is -1.05. The molecule has 0 bridgehead atoms. The molecule has 0 atom stereocenters.